The summed E-state index contributed by atoms with van der Waals surface area (Å²) >= 11 is 0. The van der Waals surface area contributed by atoms with Crippen LogP contribution in [-0.4, -0.2) is 12.1 Å². The fourth-order valence-corrected chi connectivity index (χ4v) is 4.29. The fourth-order valence-electron chi connectivity index (χ4n) is 4.29. The highest BCUT2D eigenvalue weighted by atomic mass is 16.6. The van der Waals surface area contributed by atoms with Crippen LogP contribution in [0.3, 0.4) is 0 Å². The standard InChI is InChI=1S/C12H15NO2/c1-6-9-8-4-11(6,3)7(2)12(8,5-13)10(14)15-9/h6-9H,4H2,1-3H3. The number of fused-ring (bicyclic) bond motifs is 1. The van der Waals surface area contributed by atoms with E-state index in [1.165, 1.54) is 0 Å². The van der Waals surface area contributed by atoms with E-state index in [1.807, 2.05) is 6.92 Å². The van der Waals surface area contributed by atoms with Crippen molar-refractivity contribution in [2.24, 2.45) is 28.6 Å². The number of rotatable bonds is 0. The van der Waals surface area contributed by atoms with E-state index < -0.39 is 5.41 Å². The molecule has 80 valence electrons. The summed E-state index contributed by atoms with van der Waals surface area (Å²) in [5, 5.41) is 9.36. The number of nitriles is 1. The molecule has 0 amide bonds. The van der Waals surface area contributed by atoms with Crippen LogP contribution in [0.2, 0.25) is 0 Å². The van der Waals surface area contributed by atoms with Gasteiger partial charge in [0.2, 0.25) is 0 Å². The molecule has 0 radical (unpaired) electrons. The lowest BCUT2D eigenvalue weighted by Gasteiger charge is -2.38. The van der Waals surface area contributed by atoms with Crippen molar-refractivity contribution < 1.29 is 9.53 Å². The highest BCUT2D eigenvalue weighted by Crippen LogP contribution is 2.72. The Kier molecular flexibility index (Phi) is 1.36. The summed E-state index contributed by atoms with van der Waals surface area (Å²) in [5.74, 6) is 0.400. The van der Waals surface area contributed by atoms with Crippen LogP contribution in [0.1, 0.15) is 27.2 Å². The summed E-state index contributed by atoms with van der Waals surface area (Å²) in [4.78, 5) is 11.9. The fraction of sp³-hybridized carbons (Fsp3) is 0.833. The molecule has 6 atom stereocenters. The number of esters is 1. The maximum absolute atomic E-state index is 11.9. The number of hydrogen-bond acceptors (Lipinski definition) is 3. The Morgan fingerprint density at radius 2 is 2.20 bits per heavy atom. The lowest BCUT2D eigenvalue weighted by molar-refractivity contribution is -0.147. The third-order valence-corrected chi connectivity index (χ3v) is 5.61. The monoisotopic (exact) mass is 205 g/mol. The molecule has 0 aromatic heterocycles. The lowest BCUT2D eigenvalue weighted by atomic mass is 9.60. The molecule has 0 N–H and O–H groups in total. The van der Waals surface area contributed by atoms with Gasteiger partial charge in [-0.3, -0.25) is 4.79 Å². The number of hydrogen-bond donors (Lipinski definition) is 0. The Labute approximate surface area is 89.4 Å². The van der Waals surface area contributed by atoms with E-state index in [-0.39, 0.29) is 29.3 Å². The number of ether oxygens (including phenoxy) is 1. The van der Waals surface area contributed by atoms with Crippen molar-refractivity contribution in [1.82, 2.24) is 0 Å². The molecule has 2 saturated carbocycles. The summed E-state index contributed by atoms with van der Waals surface area (Å²) in [6, 6.07) is 2.27. The molecule has 3 nitrogen and oxygen atoms in total. The normalized spacial score (nSPS) is 60.5. The molecule has 1 saturated heterocycles. The molecule has 3 heteroatoms. The molecular formula is C12H15NO2. The molecule has 3 fully saturated rings. The Hall–Kier alpha value is -1.04. The van der Waals surface area contributed by atoms with Gasteiger partial charge < -0.3 is 4.74 Å². The van der Waals surface area contributed by atoms with Crippen molar-refractivity contribution in [1.29, 1.82) is 5.26 Å². The predicted molar refractivity (Wildman–Crippen MR) is 52.5 cm³/mol. The Morgan fingerprint density at radius 3 is 2.73 bits per heavy atom. The molecule has 0 aromatic carbocycles. The van der Waals surface area contributed by atoms with Gasteiger partial charge in [-0.05, 0) is 23.7 Å². The quantitative estimate of drug-likeness (QED) is 0.566. The largest absolute Gasteiger partial charge is 0.460 e. The maximum atomic E-state index is 11.9. The minimum atomic E-state index is -0.827. The Morgan fingerprint density at radius 1 is 1.53 bits per heavy atom. The molecule has 0 aromatic rings. The molecule has 1 aliphatic heterocycles. The van der Waals surface area contributed by atoms with Crippen molar-refractivity contribution in [3.63, 3.8) is 0 Å². The molecule has 3 aliphatic rings. The second kappa shape index (κ2) is 2.21. The number of nitrogens with zero attached hydrogens (tertiary/aromatic N) is 1. The van der Waals surface area contributed by atoms with Gasteiger partial charge in [-0.1, -0.05) is 20.8 Å². The van der Waals surface area contributed by atoms with Crippen LogP contribution < -0.4 is 0 Å². The average molecular weight is 205 g/mol. The van der Waals surface area contributed by atoms with E-state index in [1.54, 1.807) is 0 Å². The lowest BCUT2D eigenvalue weighted by Crippen LogP contribution is -2.44. The van der Waals surface area contributed by atoms with Gasteiger partial charge in [-0.25, -0.2) is 0 Å². The Balaban J connectivity index is 2.22. The van der Waals surface area contributed by atoms with E-state index >= 15 is 0 Å². The molecule has 1 heterocycles. The van der Waals surface area contributed by atoms with Crippen LogP contribution in [0, 0.1) is 39.9 Å². The van der Waals surface area contributed by atoms with E-state index in [0.29, 0.717) is 5.92 Å². The van der Waals surface area contributed by atoms with Crippen LogP contribution >= 0.6 is 0 Å². The topological polar surface area (TPSA) is 50.1 Å². The number of carbonyl (C=O) groups is 1. The summed E-state index contributed by atoms with van der Waals surface area (Å²) < 4.78 is 5.42. The number of carbonyl (C=O) groups excluding carboxylic acids is 1. The second-order valence-corrected chi connectivity index (χ2v) is 5.68. The van der Waals surface area contributed by atoms with Crippen molar-refractivity contribution in [2.75, 3.05) is 0 Å². The third-order valence-electron chi connectivity index (χ3n) is 5.61. The minimum Gasteiger partial charge on any atom is -0.460 e. The zero-order valence-electron chi connectivity index (χ0n) is 9.28. The highest BCUT2D eigenvalue weighted by Gasteiger charge is 2.77. The van der Waals surface area contributed by atoms with Gasteiger partial charge in [0.15, 0.2) is 5.41 Å². The van der Waals surface area contributed by atoms with Crippen LogP contribution in [0.4, 0.5) is 0 Å². The first-order chi connectivity index (χ1) is 6.98. The van der Waals surface area contributed by atoms with Gasteiger partial charge in [-0.15, -0.1) is 0 Å². The first kappa shape index (κ1) is 9.21. The molecule has 0 spiro atoms. The molecule has 15 heavy (non-hydrogen) atoms. The molecule has 2 bridgehead atoms. The summed E-state index contributed by atoms with van der Waals surface area (Å²) in [6.07, 6.45) is 0.970. The summed E-state index contributed by atoms with van der Waals surface area (Å²) in [6.45, 7) is 6.40. The van der Waals surface area contributed by atoms with E-state index in [9.17, 15) is 10.1 Å². The van der Waals surface area contributed by atoms with Crippen molar-refractivity contribution in [3.8, 4) is 6.07 Å². The zero-order valence-corrected chi connectivity index (χ0v) is 9.28. The second-order valence-electron chi connectivity index (χ2n) is 5.68. The van der Waals surface area contributed by atoms with Crippen molar-refractivity contribution in [3.05, 3.63) is 0 Å². The van der Waals surface area contributed by atoms with Gasteiger partial charge in [0.05, 0.1) is 6.07 Å². The van der Waals surface area contributed by atoms with Crippen LogP contribution in [0.15, 0.2) is 0 Å². The summed E-state index contributed by atoms with van der Waals surface area (Å²) in [7, 11) is 0. The van der Waals surface area contributed by atoms with Gasteiger partial charge in [0.1, 0.15) is 6.10 Å². The molecule has 2 aliphatic carbocycles. The summed E-state index contributed by atoms with van der Waals surface area (Å²) in [5.41, 5.74) is -0.719. The maximum Gasteiger partial charge on any atom is 0.327 e. The SMILES string of the molecule is CC1C2OC(=O)C3(C#N)C2CC1(C)C3C. The highest BCUT2D eigenvalue weighted by molar-refractivity contribution is 5.85. The first-order valence-electron chi connectivity index (χ1n) is 5.61. The van der Waals surface area contributed by atoms with E-state index in [2.05, 4.69) is 19.9 Å². The Bertz CT molecular complexity index is 395. The van der Waals surface area contributed by atoms with Gasteiger partial charge >= 0.3 is 5.97 Å². The van der Waals surface area contributed by atoms with E-state index in [4.69, 9.17) is 4.74 Å². The van der Waals surface area contributed by atoms with Crippen molar-refractivity contribution >= 4 is 5.97 Å². The van der Waals surface area contributed by atoms with Gasteiger partial charge in [0, 0.05) is 5.92 Å². The minimum absolute atomic E-state index is 0.00153. The smallest absolute Gasteiger partial charge is 0.327 e. The predicted octanol–water partition coefficient (Wildman–Crippen LogP) is 1.73. The molecule has 3 rings (SSSR count). The van der Waals surface area contributed by atoms with Gasteiger partial charge in [-0.2, -0.15) is 5.26 Å². The van der Waals surface area contributed by atoms with Crippen molar-refractivity contribution in [2.45, 2.75) is 33.3 Å². The zero-order chi connectivity index (χ0) is 11.0. The van der Waals surface area contributed by atoms with Crippen LogP contribution in [0.25, 0.3) is 0 Å². The third kappa shape index (κ3) is 0.649. The average Bonchev–Trinajstić information content (AvgIpc) is 2.68. The van der Waals surface area contributed by atoms with Gasteiger partial charge in [0.25, 0.3) is 0 Å². The van der Waals surface area contributed by atoms with Crippen LogP contribution in [0.5, 0.6) is 0 Å². The van der Waals surface area contributed by atoms with E-state index in [0.717, 1.165) is 6.42 Å². The van der Waals surface area contributed by atoms with Crippen LogP contribution in [-0.2, 0) is 9.53 Å². The molecule has 6 unspecified atom stereocenters. The first-order valence-corrected chi connectivity index (χ1v) is 5.61. The molecular weight excluding hydrogens is 190 g/mol.